The topological polar surface area (TPSA) is 86.7 Å². The Morgan fingerprint density at radius 3 is 2.02 bits per heavy atom. The van der Waals surface area contributed by atoms with E-state index in [0.717, 1.165) is 11.0 Å². The number of benzene rings is 5. The molecule has 0 aliphatic heterocycles. The van der Waals surface area contributed by atoms with Crippen molar-refractivity contribution in [2.24, 2.45) is 16.7 Å². The van der Waals surface area contributed by atoms with Gasteiger partial charge < -0.3 is 4.74 Å². The summed E-state index contributed by atoms with van der Waals surface area (Å²) in [6.45, 7) is 3.80. The largest absolute Gasteiger partial charge is 0.497 e. The molecule has 0 aromatic heterocycles. The van der Waals surface area contributed by atoms with Crippen molar-refractivity contribution in [3.63, 3.8) is 0 Å². The van der Waals surface area contributed by atoms with Crippen molar-refractivity contribution in [1.29, 1.82) is 0 Å². The minimum atomic E-state index is -4.87. The quantitative estimate of drug-likeness (QED) is 0.116. The van der Waals surface area contributed by atoms with E-state index in [2.05, 4.69) is 0 Å². The molecule has 0 spiro atoms. The van der Waals surface area contributed by atoms with Crippen LogP contribution in [0.15, 0.2) is 152 Å². The van der Waals surface area contributed by atoms with Gasteiger partial charge in [-0.15, -0.1) is 0 Å². The van der Waals surface area contributed by atoms with Crippen LogP contribution in [0.5, 0.6) is 5.75 Å². The van der Waals surface area contributed by atoms with Gasteiger partial charge in [0, 0.05) is 42.0 Å². The summed E-state index contributed by atoms with van der Waals surface area (Å²) in [5.41, 5.74) is -1.85. The average Bonchev–Trinajstić information content (AvgIpc) is 3.51. The smallest absolute Gasteiger partial charge is 0.417 e. The zero-order valence-corrected chi connectivity index (χ0v) is 32.8. The molecule has 7 rings (SSSR count). The highest BCUT2D eigenvalue weighted by Crippen LogP contribution is 2.73. The highest BCUT2D eigenvalue weighted by Gasteiger charge is 2.66. The van der Waals surface area contributed by atoms with Crippen LogP contribution in [0.4, 0.5) is 13.2 Å². The molecule has 55 heavy (non-hydrogen) atoms. The highest BCUT2D eigenvalue weighted by molar-refractivity contribution is 8.33. The third kappa shape index (κ3) is 7.14. The van der Waals surface area contributed by atoms with Crippen molar-refractivity contribution in [2.75, 3.05) is 12.9 Å². The fourth-order valence-corrected chi connectivity index (χ4v) is 15.2. The number of ketones is 2. The number of ether oxygens (including phenoxy) is 1. The van der Waals surface area contributed by atoms with Crippen molar-refractivity contribution in [2.45, 2.75) is 63.8 Å². The van der Waals surface area contributed by atoms with E-state index in [9.17, 15) is 31.2 Å². The van der Waals surface area contributed by atoms with Gasteiger partial charge in [0.2, 0.25) is 0 Å². The Morgan fingerprint density at radius 1 is 0.800 bits per heavy atom. The van der Waals surface area contributed by atoms with Gasteiger partial charge >= 0.3 is 6.18 Å². The summed E-state index contributed by atoms with van der Waals surface area (Å²) >= 11 is 1.34. The van der Waals surface area contributed by atoms with Crippen LogP contribution in [-0.2, 0) is 24.7 Å². The predicted molar refractivity (Wildman–Crippen MR) is 207 cm³/mol. The van der Waals surface area contributed by atoms with Crippen molar-refractivity contribution in [3.8, 4) is 5.75 Å². The van der Waals surface area contributed by atoms with E-state index in [0.29, 0.717) is 34.6 Å². The van der Waals surface area contributed by atoms with Crippen LogP contribution < -0.4 is 4.74 Å². The zero-order chi connectivity index (χ0) is 39.2. The van der Waals surface area contributed by atoms with Gasteiger partial charge in [-0.05, 0) is 107 Å². The molecule has 3 unspecified atom stereocenters. The summed E-state index contributed by atoms with van der Waals surface area (Å²) in [4.78, 5) is 28.2. The Bertz CT molecular complexity index is 2350. The second-order valence-electron chi connectivity index (χ2n) is 14.5. The third-order valence-corrected chi connectivity index (χ3v) is 17.5. The van der Waals surface area contributed by atoms with Crippen LogP contribution in [-0.4, -0.2) is 32.8 Å². The molecular formula is C43H39F3O6S3. The van der Waals surface area contributed by atoms with Crippen molar-refractivity contribution in [1.82, 2.24) is 0 Å². The number of rotatable bonds is 12. The lowest BCUT2D eigenvalue weighted by Gasteiger charge is -2.42. The monoisotopic (exact) mass is 804 g/mol. The van der Waals surface area contributed by atoms with E-state index in [4.69, 9.17) is 8.37 Å². The maximum absolute atomic E-state index is 15.0. The molecule has 2 fully saturated rings. The predicted octanol–water partition coefficient (Wildman–Crippen LogP) is 11.0. The minimum Gasteiger partial charge on any atom is -0.497 e. The van der Waals surface area contributed by atoms with Gasteiger partial charge in [-0.1, -0.05) is 80.2 Å². The molecule has 2 bridgehead atoms. The van der Waals surface area contributed by atoms with Gasteiger partial charge in [0.15, 0.2) is 5.78 Å². The lowest BCUT2D eigenvalue weighted by Crippen LogP contribution is -2.42. The Balaban J connectivity index is 1.35. The van der Waals surface area contributed by atoms with Crippen LogP contribution in [0, 0.1) is 16.7 Å². The van der Waals surface area contributed by atoms with Crippen molar-refractivity contribution in [3.05, 3.63) is 144 Å². The molecule has 0 amide bonds. The summed E-state index contributed by atoms with van der Waals surface area (Å²) in [6, 6.07) is 33.7. The first-order valence-corrected chi connectivity index (χ1v) is 21.6. The zero-order valence-electron chi connectivity index (χ0n) is 30.3. The fourth-order valence-electron chi connectivity index (χ4n) is 8.11. The first kappa shape index (κ1) is 38.9. The van der Waals surface area contributed by atoms with Gasteiger partial charge in [0.1, 0.15) is 11.5 Å². The van der Waals surface area contributed by atoms with Crippen LogP contribution in [0.3, 0.4) is 0 Å². The molecule has 0 N–H and O–H groups in total. The maximum Gasteiger partial charge on any atom is 0.417 e. The maximum atomic E-state index is 15.0. The molecular weight excluding hydrogens is 766 g/mol. The SMILES string of the molecule is COc1ccc(S(OS(=O)(=O)CC23CCC(CC2=O)C3(C)C)(c2ccc(Sc3cccc(C(=O)c4ccccc4)c3)cc2)c2ccccc2C(F)(F)F)cc1. The van der Waals surface area contributed by atoms with E-state index < -0.39 is 48.7 Å². The second-order valence-corrected chi connectivity index (χ2v) is 20.0. The van der Waals surface area contributed by atoms with Gasteiger partial charge in [-0.25, -0.2) is 3.63 Å². The number of fused-ring (bicyclic) bond motifs is 2. The summed E-state index contributed by atoms with van der Waals surface area (Å²) < 4.78 is 86.0. The van der Waals surface area contributed by atoms with Gasteiger partial charge in [0.25, 0.3) is 10.1 Å². The van der Waals surface area contributed by atoms with E-state index in [-0.39, 0.29) is 38.6 Å². The minimum absolute atomic E-state index is 0.0158. The molecule has 0 radical (unpaired) electrons. The molecule has 286 valence electrons. The van der Waals surface area contributed by atoms with Crippen molar-refractivity contribution < 1.29 is 39.5 Å². The van der Waals surface area contributed by atoms with Crippen LogP contribution >= 0.6 is 22.1 Å². The lowest BCUT2D eigenvalue weighted by molar-refractivity contribution is -0.139. The molecule has 0 heterocycles. The number of halogens is 3. The van der Waals surface area contributed by atoms with E-state index in [1.54, 1.807) is 78.9 Å². The number of carbonyl (C=O) groups excluding carboxylic acids is 2. The molecule has 0 saturated heterocycles. The van der Waals surface area contributed by atoms with E-state index in [1.165, 1.54) is 49.2 Å². The van der Waals surface area contributed by atoms with Crippen LogP contribution in [0.2, 0.25) is 0 Å². The van der Waals surface area contributed by atoms with Gasteiger partial charge in [0.05, 0.1) is 23.8 Å². The van der Waals surface area contributed by atoms with E-state index >= 15 is 0 Å². The summed E-state index contributed by atoms with van der Waals surface area (Å²) in [7, 11) is -6.97. The highest BCUT2D eigenvalue weighted by atomic mass is 32.3. The Hall–Kier alpha value is -4.36. The number of carbonyl (C=O) groups is 2. The molecule has 5 aromatic carbocycles. The second kappa shape index (κ2) is 14.6. The fraction of sp³-hybridized carbons (Fsp3) is 0.256. The van der Waals surface area contributed by atoms with Gasteiger partial charge in [-0.3, -0.25) is 9.59 Å². The molecule has 5 aromatic rings. The van der Waals surface area contributed by atoms with E-state index in [1.807, 2.05) is 26.0 Å². The number of hydrogen-bond acceptors (Lipinski definition) is 7. The Kier molecular flexibility index (Phi) is 10.3. The number of alkyl halides is 3. The summed E-state index contributed by atoms with van der Waals surface area (Å²) in [6.07, 6.45) is -3.56. The Labute approximate surface area is 325 Å². The lowest BCUT2D eigenvalue weighted by atomic mass is 9.70. The molecule has 6 nitrogen and oxygen atoms in total. The van der Waals surface area contributed by atoms with Crippen molar-refractivity contribution >= 4 is 43.8 Å². The molecule has 12 heteroatoms. The standard InChI is InChI=1S/C43H39F3O6S3/c1-41(2)31-24-25-42(41,39(47)27-31)28-54(49,50)52-55(35-20-16-32(51-3)17-21-35,38-15-8-7-14-37(38)43(44,45)46)36-22-18-33(19-23-36)53-34-13-9-12-30(26-34)40(48)29-10-5-4-6-11-29/h4-23,26,31H,24-25,27-28H2,1-3H3. The number of hydrogen-bond donors (Lipinski definition) is 0. The third-order valence-electron chi connectivity index (χ3n) is 11.2. The molecule has 2 aliphatic rings. The number of methoxy groups -OCH3 is 1. The summed E-state index contributed by atoms with van der Waals surface area (Å²) in [5.74, 6) is -0.506. The first-order chi connectivity index (χ1) is 26.1. The molecule has 2 aliphatic carbocycles. The molecule has 3 atom stereocenters. The normalized spacial score (nSPS) is 20.8. The first-order valence-electron chi connectivity index (χ1n) is 17.7. The average molecular weight is 805 g/mol. The van der Waals surface area contributed by atoms with Gasteiger partial charge in [-0.2, -0.15) is 21.6 Å². The number of Topliss-reactive ketones (excluding diaryl/α,β-unsaturated/α-hetero) is 1. The van der Waals surface area contributed by atoms with Crippen LogP contribution in [0.25, 0.3) is 0 Å². The van der Waals surface area contributed by atoms with Crippen LogP contribution in [0.1, 0.15) is 54.6 Å². The Morgan fingerprint density at radius 2 is 1.42 bits per heavy atom. The molecule has 2 saturated carbocycles. The summed E-state index contributed by atoms with van der Waals surface area (Å²) in [5, 5.41) is 0.